The number of esters is 1. The molecule has 61 heavy (non-hydrogen) atoms. The van der Waals surface area contributed by atoms with Gasteiger partial charge in [-0.15, -0.1) is 0 Å². The number of ether oxygens (including phenoxy) is 1. The number of hydrogen-bond donors (Lipinski definition) is 8. The summed E-state index contributed by atoms with van der Waals surface area (Å²) in [6.45, 7) is 5.73. The van der Waals surface area contributed by atoms with Crippen LogP contribution in [0.5, 0.6) is 5.75 Å². The first-order valence-electron chi connectivity index (χ1n) is 19.5. The zero-order chi connectivity index (χ0) is 44.5. The highest BCUT2D eigenvalue weighted by Crippen LogP contribution is 2.18. The Labute approximate surface area is 353 Å². The summed E-state index contributed by atoms with van der Waals surface area (Å²) >= 11 is 0. The number of hydrogen-bond acceptors (Lipinski definition) is 9. The van der Waals surface area contributed by atoms with Gasteiger partial charge in [-0.2, -0.15) is 0 Å². The van der Waals surface area contributed by atoms with E-state index < -0.39 is 77.7 Å². The minimum atomic E-state index is -1.21. The second kappa shape index (κ2) is 22.6. The molecular formula is C44H51N9O8. The fourth-order valence-corrected chi connectivity index (χ4v) is 5.75. The molecule has 6 atom stereocenters. The second-order valence-corrected chi connectivity index (χ2v) is 14.2. The van der Waals surface area contributed by atoms with Crippen molar-refractivity contribution in [3.05, 3.63) is 132 Å². The first-order chi connectivity index (χ1) is 29.1. The summed E-state index contributed by atoms with van der Waals surface area (Å²) < 4.78 is 5.33. The van der Waals surface area contributed by atoms with Gasteiger partial charge in [0, 0.05) is 18.4 Å². The molecule has 0 spiro atoms. The van der Waals surface area contributed by atoms with Crippen molar-refractivity contribution in [2.75, 3.05) is 0 Å². The highest BCUT2D eigenvalue weighted by Gasteiger charge is 2.31. The van der Waals surface area contributed by atoms with E-state index in [1.165, 1.54) is 52.0 Å². The lowest BCUT2D eigenvalue weighted by atomic mass is 10.0. The van der Waals surface area contributed by atoms with Crippen molar-refractivity contribution in [3.8, 4) is 5.75 Å². The standard InChI is InChI=1S/C44H51N9O8/c1-26(37(54)50-29(4)43(60)61-34-22-20-33(21-23-34)51-44(45)46)48-41(58)35(24-30-14-8-5-9-15-30)53-39(56)28(3)49-42(59)36(25-31-16-10-6-11-17-31)52-38(55)27(2)47-40(57)32-18-12-7-13-19-32/h5-23,26-29,35-36H,24-25H2,1-4H3,(H,47,57)(H,48,58)(H,49,59)(H,50,54)(H,52,55)(H,53,56)(H4,45,46,51)/t26-,27-,28-,29-,35-,36-/m1/s1. The Morgan fingerprint density at radius 1 is 0.492 bits per heavy atom. The topological polar surface area (TPSA) is 265 Å². The van der Waals surface area contributed by atoms with Crippen LogP contribution in [0.4, 0.5) is 5.69 Å². The summed E-state index contributed by atoms with van der Waals surface area (Å²) in [5.41, 5.74) is 13.0. The van der Waals surface area contributed by atoms with E-state index in [9.17, 15) is 33.6 Å². The molecule has 0 aliphatic rings. The number of carbonyl (C=O) groups excluding carboxylic acids is 7. The zero-order valence-corrected chi connectivity index (χ0v) is 34.2. The smallest absolute Gasteiger partial charge is 0.333 e. The number of nitrogens with zero attached hydrogens (tertiary/aromatic N) is 1. The van der Waals surface area contributed by atoms with E-state index in [0.29, 0.717) is 16.8 Å². The highest BCUT2D eigenvalue weighted by molar-refractivity contribution is 5.99. The Hall–Kier alpha value is -7.56. The van der Waals surface area contributed by atoms with Gasteiger partial charge in [-0.25, -0.2) is 9.79 Å². The summed E-state index contributed by atoms with van der Waals surface area (Å²) in [5.74, 6) is -4.66. The maximum Gasteiger partial charge on any atom is 0.333 e. The molecule has 17 nitrogen and oxygen atoms in total. The summed E-state index contributed by atoms with van der Waals surface area (Å²) in [6.07, 6.45) is 0.0899. The molecule has 0 unspecified atom stereocenters. The van der Waals surface area contributed by atoms with Crippen molar-refractivity contribution >= 4 is 53.1 Å². The molecule has 0 aromatic heterocycles. The summed E-state index contributed by atoms with van der Waals surface area (Å²) in [4.78, 5) is 96.7. The Bertz CT molecular complexity index is 2170. The molecule has 4 rings (SSSR count). The number of amides is 6. The van der Waals surface area contributed by atoms with Crippen LogP contribution in [-0.4, -0.2) is 83.6 Å². The third kappa shape index (κ3) is 15.0. The van der Waals surface area contributed by atoms with Gasteiger partial charge < -0.3 is 48.1 Å². The van der Waals surface area contributed by atoms with Crippen LogP contribution >= 0.6 is 0 Å². The van der Waals surface area contributed by atoms with Crippen molar-refractivity contribution in [1.82, 2.24) is 31.9 Å². The number of nitrogens with two attached hydrogens (primary N) is 2. The van der Waals surface area contributed by atoms with Crippen LogP contribution in [0.2, 0.25) is 0 Å². The van der Waals surface area contributed by atoms with Crippen LogP contribution in [0, 0.1) is 0 Å². The number of benzene rings is 4. The minimum Gasteiger partial charge on any atom is -0.425 e. The highest BCUT2D eigenvalue weighted by atomic mass is 16.5. The summed E-state index contributed by atoms with van der Waals surface area (Å²) in [6, 6.07) is 25.3. The van der Waals surface area contributed by atoms with E-state index in [2.05, 4.69) is 36.9 Å². The van der Waals surface area contributed by atoms with Gasteiger partial charge in [-0.3, -0.25) is 28.8 Å². The fourth-order valence-electron chi connectivity index (χ4n) is 5.75. The number of rotatable bonds is 19. The van der Waals surface area contributed by atoms with Crippen molar-refractivity contribution in [2.24, 2.45) is 16.5 Å². The predicted molar refractivity (Wildman–Crippen MR) is 228 cm³/mol. The van der Waals surface area contributed by atoms with Gasteiger partial charge in [-0.1, -0.05) is 78.9 Å². The normalized spacial score (nSPS) is 13.6. The molecule has 6 amide bonds. The Morgan fingerprint density at radius 2 is 0.885 bits per heavy atom. The van der Waals surface area contributed by atoms with Crippen molar-refractivity contribution < 1.29 is 38.3 Å². The molecule has 4 aromatic carbocycles. The van der Waals surface area contributed by atoms with Crippen LogP contribution in [0.1, 0.15) is 49.2 Å². The first-order valence-corrected chi connectivity index (χ1v) is 19.5. The summed E-state index contributed by atoms with van der Waals surface area (Å²) in [7, 11) is 0. The Balaban J connectivity index is 1.39. The molecule has 0 bridgehead atoms. The van der Waals surface area contributed by atoms with Crippen LogP contribution in [-0.2, 0) is 41.6 Å². The molecule has 0 fully saturated rings. The van der Waals surface area contributed by atoms with Gasteiger partial charge >= 0.3 is 5.97 Å². The number of guanidine groups is 1. The van der Waals surface area contributed by atoms with Gasteiger partial charge in [0.1, 0.15) is 42.0 Å². The average molecular weight is 834 g/mol. The molecule has 10 N–H and O–H groups in total. The molecule has 320 valence electrons. The second-order valence-electron chi connectivity index (χ2n) is 14.2. The fraction of sp³-hybridized carbons (Fsp3) is 0.273. The summed E-state index contributed by atoms with van der Waals surface area (Å²) in [5, 5.41) is 15.7. The van der Waals surface area contributed by atoms with E-state index in [1.54, 1.807) is 91.0 Å². The molecule has 0 radical (unpaired) electrons. The lowest BCUT2D eigenvalue weighted by Gasteiger charge is -2.25. The van der Waals surface area contributed by atoms with Crippen LogP contribution in [0.25, 0.3) is 0 Å². The molecule has 0 aliphatic carbocycles. The predicted octanol–water partition coefficient (Wildman–Crippen LogP) is 1.28. The van der Waals surface area contributed by atoms with Gasteiger partial charge in [0.2, 0.25) is 29.5 Å². The Morgan fingerprint density at radius 3 is 1.33 bits per heavy atom. The molecule has 0 aliphatic heterocycles. The number of carbonyl (C=O) groups is 7. The van der Waals surface area contributed by atoms with E-state index >= 15 is 0 Å². The first kappa shape index (κ1) is 46.1. The quantitative estimate of drug-likeness (QED) is 0.0290. The number of nitrogens with one attached hydrogen (secondary N) is 6. The lowest BCUT2D eigenvalue weighted by Crippen LogP contribution is -2.59. The molecule has 0 saturated carbocycles. The van der Waals surface area contributed by atoms with Crippen molar-refractivity contribution in [2.45, 2.75) is 76.8 Å². The molecule has 0 saturated heterocycles. The molecule has 4 aromatic rings. The van der Waals surface area contributed by atoms with Gasteiger partial charge in [0.15, 0.2) is 5.96 Å². The van der Waals surface area contributed by atoms with Crippen molar-refractivity contribution in [1.29, 1.82) is 0 Å². The van der Waals surface area contributed by atoms with Gasteiger partial charge in [0.25, 0.3) is 5.91 Å². The minimum absolute atomic E-state index is 0.0252. The maximum absolute atomic E-state index is 13.7. The van der Waals surface area contributed by atoms with Gasteiger partial charge in [-0.05, 0) is 75.2 Å². The third-order valence-corrected chi connectivity index (χ3v) is 9.14. The SMILES string of the molecule is C[C@@H](NC(=O)c1ccccc1)C(=O)N[C@H](Cc1ccccc1)C(=O)N[C@H](C)C(=O)N[C@H](Cc1ccccc1)C(=O)N[C@H](C)C(=O)N[C@H](C)C(=O)Oc1ccc(N=C(N)N)cc1. The van der Waals surface area contributed by atoms with Crippen molar-refractivity contribution in [3.63, 3.8) is 0 Å². The monoisotopic (exact) mass is 833 g/mol. The average Bonchev–Trinajstić information content (AvgIpc) is 3.24. The van der Waals surface area contributed by atoms with E-state index in [-0.39, 0.29) is 24.6 Å². The van der Waals surface area contributed by atoms with E-state index in [0.717, 1.165) is 5.56 Å². The van der Waals surface area contributed by atoms with Gasteiger partial charge in [0.05, 0.1) is 5.69 Å². The molecular weight excluding hydrogens is 783 g/mol. The zero-order valence-electron chi connectivity index (χ0n) is 34.2. The van der Waals surface area contributed by atoms with E-state index in [4.69, 9.17) is 16.2 Å². The third-order valence-electron chi connectivity index (χ3n) is 9.14. The number of aliphatic imine (C=N–C) groups is 1. The lowest BCUT2D eigenvalue weighted by molar-refractivity contribution is -0.139. The molecule has 17 heteroatoms. The molecule has 0 heterocycles. The van der Waals surface area contributed by atoms with Crippen LogP contribution in [0.3, 0.4) is 0 Å². The largest absolute Gasteiger partial charge is 0.425 e. The van der Waals surface area contributed by atoms with E-state index in [1.807, 2.05) is 0 Å². The Kier molecular flexibility index (Phi) is 17.1. The maximum atomic E-state index is 13.7. The van der Waals surface area contributed by atoms with Crippen LogP contribution in [0.15, 0.2) is 120 Å². The van der Waals surface area contributed by atoms with Crippen LogP contribution < -0.4 is 48.1 Å².